The van der Waals surface area contributed by atoms with Gasteiger partial charge in [-0.05, 0) is 0 Å². The Morgan fingerprint density at radius 1 is 0.167 bits per heavy atom. The summed E-state index contributed by atoms with van der Waals surface area (Å²) in [6.07, 6.45) is 0. The van der Waals surface area contributed by atoms with Crippen LogP contribution in [-0.4, -0.2) is 146 Å². The maximum absolute atomic E-state index is 3.15. The normalized spacial score (nSPS) is 45.8. The van der Waals surface area contributed by atoms with Crippen molar-refractivity contribution in [2.45, 2.75) is 183 Å². The van der Waals surface area contributed by atoms with Crippen molar-refractivity contribution in [3.8, 4) is 0 Å². The topological polar surface area (TPSA) is 0 Å². The van der Waals surface area contributed by atoms with Gasteiger partial charge in [-0.3, -0.25) is 0 Å². The summed E-state index contributed by atoms with van der Waals surface area (Å²) in [6.45, 7) is 80.7. The Kier molecular flexibility index (Phi) is 11.6. The van der Waals surface area contributed by atoms with E-state index in [4.69, 9.17) is 0 Å². The van der Waals surface area contributed by atoms with E-state index in [0.717, 1.165) is 0 Å². The first-order chi connectivity index (χ1) is 20.3. The first kappa shape index (κ1) is 46.7. The van der Waals surface area contributed by atoms with Crippen LogP contribution in [0.5, 0.6) is 0 Å². The quantitative estimate of drug-likeness (QED) is 0.241. The lowest BCUT2D eigenvalue weighted by molar-refractivity contribution is 1.76. The van der Waals surface area contributed by atoms with Crippen LogP contribution < -0.4 is 0 Å². The third-order valence-electron chi connectivity index (χ3n) is 24.2. The lowest BCUT2D eigenvalue weighted by Gasteiger charge is -2.78. The lowest BCUT2D eigenvalue weighted by atomic mass is 11.9. The summed E-state index contributed by atoms with van der Waals surface area (Å²) in [7, 11) is -9.76. The molecule has 0 nitrogen and oxygen atoms in total. The van der Waals surface area contributed by atoms with E-state index >= 15 is 0 Å². The third-order valence-corrected chi connectivity index (χ3v) is 627. The number of hydrogen-bond acceptors (Lipinski definition) is 0. The van der Waals surface area contributed by atoms with Gasteiger partial charge in [0.2, 0.25) is 0 Å². The molecule has 0 amide bonds. The minimum absolute atomic E-state index is 0.285. The van der Waals surface area contributed by atoms with Crippen LogP contribution in [-0.2, 0) is 0 Å². The lowest BCUT2D eigenvalue weighted by Crippen LogP contribution is -3.08. The van der Waals surface area contributed by atoms with Crippen molar-refractivity contribution in [1.82, 2.24) is 0 Å². The van der Waals surface area contributed by atoms with Gasteiger partial charge >= 0.3 is 0 Å². The van der Waals surface area contributed by atoms with Crippen LogP contribution in [0.3, 0.4) is 0 Å². The average molecular weight is 991 g/mol. The average Bonchev–Trinajstić information content (AvgIpc) is 2.83. The molecule has 0 aromatic carbocycles. The fraction of sp³-hybridized carbons (Fsp3) is 1.00. The second kappa shape index (κ2) is 11.9. The van der Waals surface area contributed by atoms with E-state index in [9.17, 15) is 0 Å². The molecule has 284 valence electrons. The number of hydrogen-bond donors (Lipinski definition) is 0. The first-order valence-electron chi connectivity index (χ1n) is 20.3. The Balaban J connectivity index is 0.000000260. The van der Waals surface area contributed by atoms with Crippen molar-refractivity contribution in [1.29, 1.82) is 0 Å². The van der Waals surface area contributed by atoms with Crippen molar-refractivity contribution in [2.24, 2.45) is 0 Å². The summed E-state index contributed by atoms with van der Waals surface area (Å²) in [6, 6.07) is 0. The largest absolute Gasteiger partial charge is 0.0759 e. The molecule has 0 N–H and O–H groups in total. The van der Waals surface area contributed by atoms with E-state index in [0.29, 0.717) is 0 Å². The molecule has 20 heteroatoms. The van der Waals surface area contributed by atoms with Gasteiger partial charge in [-0.25, -0.2) is 0 Å². The van der Waals surface area contributed by atoms with E-state index in [1.165, 1.54) is 0 Å². The predicted molar refractivity (Wildman–Crippen MR) is 290 cm³/mol. The SMILES string of the molecule is C[Si]1(C)[SiH2][Si@@]2(C)[Si](C)(C)[Si](C)(C)[Si](C)(C)[Si](C)(C)[Si@]2(C)[SiH2][Si]1(C)C.C[Si]1(C)[SiH2][Si@]2(C)[Si](C)(C)[Si](C)(C)[Si](C)(C)[Si](C)(C)[Si@@]2(C)[SiH2][Si]1(C)C. The Hall–Kier alpha value is 4.34. The Morgan fingerprint density at radius 2 is 0.271 bits per heavy atom. The first-order valence-corrected chi connectivity index (χ1v) is 99.0. The summed E-state index contributed by atoms with van der Waals surface area (Å²) >= 11 is 0. The summed E-state index contributed by atoms with van der Waals surface area (Å²) in [4.78, 5) is 0. The van der Waals surface area contributed by atoms with Gasteiger partial charge in [0.05, 0.1) is 0 Å². The molecule has 0 aliphatic carbocycles. The smallest absolute Gasteiger partial charge is 0.0304 e. The molecule has 0 aromatic rings. The van der Waals surface area contributed by atoms with Crippen molar-refractivity contribution in [2.75, 3.05) is 0 Å². The standard InChI is InChI=1S/2C14H46Si10/c2*1-17(2)15-23(13)21(9,10)19(5,6)20(7,8)22(11,12)24(23,14)16-18(17,3)4/h2*15-16H2,1-14H3/t2*23-,24-/m10/s1. The molecule has 4 saturated heterocycles. The zero-order chi connectivity index (χ0) is 38.8. The second-order valence-corrected chi connectivity index (χ2v) is 281. The molecule has 0 radical (unpaired) electrons. The van der Waals surface area contributed by atoms with E-state index < -0.39 is 112 Å². The third kappa shape index (κ3) is 5.14. The summed E-state index contributed by atoms with van der Waals surface area (Å²) in [5, 5.41) is 0. The maximum Gasteiger partial charge on any atom is 0.0304 e. The summed E-state index contributed by atoms with van der Waals surface area (Å²) < 4.78 is 0. The van der Waals surface area contributed by atoms with Crippen molar-refractivity contribution >= 4 is 146 Å². The molecule has 0 bridgehead atoms. The van der Waals surface area contributed by atoms with Gasteiger partial charge in [-0.15, -0.1) is 0 Å². The molecule has 4 rings (SSSR count). The Labute approximate surface area is 325 Å². The van der Waals surface area contributed by atoms with Crippen molar-refractivity contribution < 1.29 is 0 Å². The van der Waals surface area contributed by atoms with Crippen LogP contribution in [0.4, 0.5) is 0 Å². The number of rotatable bonds is 0. The highest BCUT2D eigenvalue weighted by molar-refractivity contribution is 8.31. The van der Waals surface area contributed by atoms with Crippen LogP contribution >= 0.6 is 0 Å². The van der Waals surface area contributed by atoms with Crippen LogP contribution in [0.25, 0.3) is 0 Å². The predicted octanol–water partition coefficient (Wildman–Crippen LogP) is 6.59. The Bertz CT molecular complexity index is 1130. The van der Waals surface area contributed by atoms with Gasteiger partial charge in [0.25, 0.3) is 0 Å². The van der Waals surface area contributed by atoms with E-state index in [1.807, 2.05) is 0 Å². The van der Waals surface area contributed by atoms with Gasteiger partial charge < -0.3 is 0 Å². The van der Waals surface area contributed by atoms with Crippen molar-refractivity contribution in [3.05, 3.63) is 0 Å². The van der Waals surface area contributed by atoms with Crippen LogP contribution in [0.1, 0.15) is 0 Å². The van der Waals surface area contributed by atoms with Crippen molar-refractivity contribution in [3.63, 3.8) is 0 Å². The molecular formula is C28H92Si20. The fourth-order valence-corrected chi connectivity index (χ4v) is 1220. The zero-order valence-electron chi connectivity index (χ0n) is 38.8. The van der Waals surface area contributed by atoms with Gasteiger partial charge in [0, 0.05) is 146 Å². The molecule has 0 unspecified atom stereocenters. The maximum atomic E-state index is 3.15. The minimum Gasteiger partial charge on any atom is -0.0759 e. The minimum atomic E-state index is -0.987. The fourth-order valence-electron chi connectivity index (χ4n) is 14.8. The summed E-state index contributed by atoms with van der Waals surface area (Å²) in [5.41, 5.74) is 0. The Morgan fingerprint density at radius 3 is 0.375 bits per heavy atom. The van der Waals surface area contributed by atoms with Gasteiger partial charge in [0.15, 0.2) is 0 Å². The highest BCUT2D eigenvalue weighted by atomic mass is 30.5. The molecular weight excluding hydrogens is 898 g/mol. The van der Waals surface area contributed by atoms with Gasteiger partial charge in [-0.2, -0.15) is 0 Å². The van der Waals surface area contributed by atoms with Gasteiger partial charge in [-0.1, -0.05) is 183 Å². The highest BCUT2D eigenvalue weighted by Crippen LogP contribution is 2.55. The highest BCUT2D eigenvalue weighted by Gasteiger charge is 2.82. The second-order valence-electron chi connectivity index (χ2n) is 26.6. The molecule has 0 aromatic heterocycles. The van der Waals surface area contributed by atoms with E-state index in [-0.39, 0.29) is 34.2 Å². The molecule has 4 heterocycles. The van der Waals surface area contributed by atoms with Crippen LogP contribution in [0.2, 0.25) is 183 Å². The molecule has 0 saturated carbocycles. The zero-order valence-corrected chi connectivity index (χ0v) is 60.5. The van der Waals surface area contributed by atoms with Gasteiger partial charge in [0.1, 0.15) is 0 Å². The monoisotopic (exact) mass is 988 g/mol. The van der Waals surface area contributed by atoms with Crippen LogP contribution in [0.15, 0.2) is 0 Å². The van der Waals surface area contributed by atoms with Crippen LogP contribution in [0, 0.1) is 0 Å². The molecule has 0 spiro atoms. The molecule has 4 atom stereocenters. The molecule has 4 aliphatic heterocycles. The molecule has 4 fully saturated rings. The molecule has 4 aliphatic rings. The number of fused-ring (bicyclic) bond motifs is 2. The molecule has 48 heavy (non-hydrogen) atoms. The summed E-state index contributed by atoms with van der Waals surface area (Å²) in [5.74, 6) is 0. The van der Waals surface area contributed by atoms with E-state index in [1.54, 1.807) is 0 Å². The van der Waals surface area contributed by atoms with E-state index in [2.05, 4.69) is 183 Å².